The van der Waals surface area contributed by atoms with Crippen molar-refractivity contribution in [3.8, 4) is 5.75 Å². The van der Waals surface area contributed by atoms with Gasteiger partial charge in [-0.3, -0.25) is 4.79 Å². The maximum absolute atomic E-state index is 13.0. The first kappa shape index (κ1) is 15.8. The van der Waals surface area contributed by atoms with Gasteiger partial charge in [0.15, 0.2) is 0 Å². The van der Waals surface area contributed by atoms with Gasteiger partial charge in [-0.1, -0.05) is 19.1 Å². The molecule has 23 heavy (non-hydrogen) atoms. The molecule has 2 aromatic rings. The van der Waals surface area contributed by atoms with Crippen LogP contribution in [0.3, 0.4) is 0 Å². The summed E-state index contributed by atoms with van der Waals surface area (Å²) >= 11 is 1.67. The lowest BCUT2D eigenvalue weighted by Crippen LogP contribution is -2.33. The Labute approximate surface area is 141 Å². The van der Waals surface area contributed by atoms with Gasteiger partial charge in [0.05, 0.1) is 12.5 Å². The third-order valence-corrected chi connectivity index (χ3v) is 5.31. The highest BCUT2D eigenvalue weighted by atomic mass is 32.1. The number of anilines is 1. The van der Waals surface area contributed by atoms with Crippen LogP contribution in [0, 0.1) is 5.41 Å². The van der Waals surface area contributed by atoms with Crippen molar-refractivity contribution in [2.75, 3.05) is 18.6 Å². The van der Waals surface area contributed by atoms with Gasteiger partial charge in [0.25, 0.3) is 0 Å². The maximum Gasteiger partial charge on any atom is 0.237 e. The number of amides is 1. The first-order valence-corrected chi connectivity index (χ1v) is 8.80. The number of nitrogens with zero attached hydrogens (tertiary/aromatic N) is 1. The largest absolute Gasteiger partial charge is 0.497 e. The quantitative estimate of drug-likeness (QED) is 0.803. The van der Waals surface area contributed by atoms with Crippen LogP contribution in [0.4, 0.5) is 5.69 Å². The van der Waals surface area contributed by atoms with Crippen molar-refractivity contribution in [3.05, 3.63) is 52.7 Å². The Hall–Kier alpha value is -2.07. The van der Waals surface area contributed by atoms with E-state index in [4.69, 9.17) is 4.74 Å². The second-order valence-corrected chi connectivity index (χ2v) is 6.58. The van der Waals surface area contributed by atoms with Crippen LogP contribution in [0.1, 0.15) is 25.3 Å². The average molecular weight is 327 g/mol. The minimum Gasteiger partial charge on any atom is -0.497 e. The van der Waals surface area contributed by atoms with E-state index in [2.05, 4.69) is 35.9 Å². The standard InChI is InChI=1S/C19H21NO2S/c1-3-19(10-8-15-9-13-23-14-15)11-12-20(18(19)21)16-4-6-17(22-2)7-5-16/h4-10,13-14H,3,11-12H2,1-2H3/b10-8+/t19-/m1/s1. The molecule has 1 aliphatic rings. The van der Waals surface area contributed by atoms with E-state index >= 15 is 0 Å². The summed E-state index contributed by atoms with van der Waals surface area (Å²) in [4.78, 5) is 14.9. The molecule has 3 nitrogen and oxygen atoms in total. The predicted octanol–water partition coefficient (Wildman–Crippen LogP) is 4.60. The number of hydrogen-bond acceptors (Lipinski definition) is 3. The summed E-state index contributed by atoms with van der Waals surface area (Å²) in [6.07, 6.45) is 5.85. The Morgan fingerprint density at radius 3 is 2.70 bits per heavy atom. The highest BCUT2D eigenvalue weighted by Gasteiger charge is 2.43. The van der Waals surface area contributed by atoms with Gasteiger partial charge in [0, 0.05) is 12.2 Å². The highest BCUT2D eigenvalue weighted by molar-refractivity contribution is 7.08. The Balaban J connectivity index is 1.82. The summed E-state index contributed by atoms with van der Waals surface area (Å²) in [5.74, 6) is 0.996. The lowest BCUT2D eigenvalue weighted by molar-refractivity contribution is -0.123. The first-order chi connectivity index (χ1) is 11.2. The highest BCUT2D eigenvalue weighted by Crippen LogP contribution is 2.39. The van der Waals surface area contributed by atoms with Crippen LogP contribution < -0.4 is 9.64 Å². The van der Waals surface area contributed by atoms with E-state index in [9.17, 15) is 4.79 Å². The SMILES string of the molecule is CC[C@@]1(/C=C/c2ccsc2)CCN(c2ccc(OC)cc2)C1=O. The number of carbonyl (C=O) groups excluding carboxylic acids is 1. The topological polar surface area (TPSA) is 29.5 Å². The summed E-state index contributed by atoms with van der Waals surface area (Å²) in [6.45, 7) is 2.85. The van der Waals surface area contributed by atoms with Gasteiger partial charge >= 0.3 is 0 Å². The summed E-state index contributed by atoms with van der Waals surface area (Å²) in [5, 5.41) is 4.15. The molecule has 0 N–H and O–H groups in total. The number of rotatable bonds is 5. The number of ether oxygens (including phenoxy) is 1. The number of thiophene rings is 1. The molecule has 1 fully saturated rings. The minimum atomic E-state index is -0.387. The first-order valence-electron chi connectivity index (χ1n) is 7.86. The van der Waals surface area contributed by atoms with Crippen molar-refractivity contribution < 1.29 is 9.53 Å². The molecule has 1 amide bonds. The summed E-state index contributed by atoms with van der Waals surface area (Å²) in [5.41, 5.74) is 1.72. The zero-order valence-corrected chi connectivity index (χ0v) is 14.3. The summed E-state index contributed by atoms with van der Waals surface area (Å²) < 4.78 is 5.19. The molecule has 1 aromatic heterocycles. The molecule has 1 aromatic carbocycles. The van der Waals surface area contributed by atoms with Gasteiger partial charge in [-0.25, -0.2) is 0 Å². The number of benzene rings is 1. The number of methoxy groups -OCH3 is 1. The number of hydrogen-bond donors (Lipinski definition) is 0. The van der Waals surface area contributed by atoms with Crippen LogP contribution in [0.25, 0.3) is 6.08 Å². The third-order valence-electron chi connectivity index (χ3n) is 4.61. The third kappa shape index (κ3) is 3.04. The molecule has 0 saturated carbocycles. The van der Waals surface area contributed by atoms with Crippen LogP contribution in [-0.2, 0) is 4.79 Å². The van der Waals surface area contributed by atoms with E-state index in [1.807, 2.05) is 29.2 Å². The van der Waals surface area contributed by atoms with Gasteiger partial charge in [0.1, 0.15) is 5.75 Å². The molecular weight excluding hydrogens is 306 g/mol. The van der Waals surface area contributed by atoms with E-state index in [0.717, 1.165) is 30.8 Å². The Bertz CT molecular complexity index is 691. The number of carbonyl (C=O) groups is 1. The Morgan fingerprint density at radius 1 is 1.30 bits per heavy atom. The normalized spacial score (nSPS) is 21.3. The zero-order chi connectivity index (χ0) is 16.3. The minimum absolute atomic E-state index is 0.191. The van der Waals surface area contributed by atoms with E-state index in [1.54, 1.807) is 18.4 Å². The van der Waals surface area contributed by atoms with E-state index in [0.29, 0.717) is 0 Å². The van der Waals surface area contributed by atoms with E-state index in [-0.39, 0.29) is 11.3 Å². The molecule has 120 valence electrons. The van der Waals surface area contributed by atoms with E-state index in [1.165, 1.54) is 5.56 Å². The maximum atomic E-state index is 13.0. The van der Waals surface area contributed by atoms with Gasteiger partial charge in [-0.05, 0) is 59.5 Å². The average Bonchev–Trinajstić information content (AvgIpc) is 3.22. The smallest absolute Gasteiger partial charge is 0.237 e. The fourth-order valence-electron chi connectivity index (χ4n) is 3.02. The lowest BCUT2D eigenvalue weighted by atomic mass is 9.83. The monoisotopic (exact) mass is 327 g/mol. The lowest BCUT2D eigenvalue weighted by Gasteiger charge is -2.23. The van der Waals surface area contributed by atoms with Crippen molar-refractivity contribution >= 4 is 29.0 Å². The zero-order valence-electron chi connectivity index (χ0n) is 13.5. The molecule has 0 spiro atoms. The van der Waals surface area contributed by atoms with Crippen LogP contribution in [0.15, 0.2) is 47.2 Å². The molecule has 0 bridgehead atoms. The van der Waals surface area contributed by atoms with Crippen LogP contribution in [0.2, 0.25) is 0 Å². The van der Waals surface area contributed by atoms with Crippen molar-refractivity contribution in [2.24, 2.45) is 5.41 Å². The van der Waals surface area contributed by atoms with E-state index < -0.39 is 0 Å². The van der Waals surface area contributed by atoms with Gasteiger partial charge in [-0.15, -0.1) is 0 Å². The predicted molar refractivity (Wildman–Crippen MR) is 96.0 cm³/mol. The second-order valence-electron chi connectivity index (χ2n) is 5.80. The van der Waals surface area contributed by atoms with Crippen molar-refractivity contribution in [3.63, 3.8) is 0 Å². The van der Waals surface area contributed by atoms with Crippen LogP contribution in [-0.4, -0.2) is 19.6 Å². The molecule has 0 unspecified atom stereocenters. The molecule has 4 heteroatoms. The summed E-state index contributed by atoms with van der Waals surface area (Å²) in [6, 6.07) is 9.77. The summed E-state index contributed by atoms with van der Waals surface area (Å²) in [7, 11) is 1.65. The molecule has 1 atom stereocenters. The molecular formula is C19H21NO2S. The van der Waals surface area contributed by atoms with Crippen LogP contribution in [0.5, 0.6) is 5.75 Å². The van der Waals surface area contributed by atoms with Gasteiger partial charge in [-0.2, -0.15) is 11.3 Å². The molecule has 2 heterocycles. The molecule has 1 aliphatic heterocycles. The van der Waals surface area contributed by atoms with Crippen molar-refractivity contribution in [1.29, 1.82) is 0 Å². The second kappa shape index (κ2) is 6.59. The van der Waals surface area contributed by atoms with Gasteiger partial charge in [0.2, 0.25) is 5.91 Å². The van der Waals surface area contributed by atoms with Crippen molar-refractivity contribution in [1.82, 2.24) is 0 Å². The Morgan fingerprint density at radius 2 is 2.09 bits per heavy atom. The molecule has 3 rings (SSSR count). The fourth-order valence-corrected chi connectivity index (χ4v) is 3.65. The molecule has 0 aliphatic carbocycles. The Kier molecular flexibility index (Phi) is 4.53. The van der Waals surface area contributed by atoms with Crippen molar-refractivity contribution in [2.45, 2.75) is 19.8 Å². The van der Waals surface area contributed by atoms with Crippen LogP contribution >= 0.6 is 11.3 Å². The fraction of sp³-hybridized carbons (Fsp3) is 0.316. The van der Waals surface area contributed by atoms with Gasteiger partial charge < -0.3 is 9.64 Å². The molecule has 1 saturated heterocycles. The molecule has 0 radical (unpaired) electrons.